The lowest BCUT2D eigenvalue weighted by atomic mass is 9.97. The fourth-order valence-electron chi connectivity index (χ4n) is 1.31. The van der Waals surface area contributed by atoms with E-state index in [0.29, 0.717) is 11.1 Å². The molecule has 1 unspecified atom stereocenters. The predicted octanol–water partition coefficient (Wildman–Crippen LogP) is 1.48. The van der Waals surface area contributed by atoms with Crippen LogP contribution >= 0.6 is 11.6 Å². The Kier molecular flexibility index (Phi) is 3.55. The zero-order valence-electron chi connectivity index (χ0n) is 8.20. The summed E-state index contributed by atoms with van der Waals surface area (Å²) in [6, 6.07) is 3.19. The van der Waals surface area contributed by atoms with Crippen molar-refractivity contribution in [2.45, 2.75) is 12.8 Å². The maximum Gasteiger partial charge on any atom is 0.312 e. The lowest BCUT2D eigenvalue weighted by molar-refractivity contribution is -0.138. The zero-order valence-corrected chi connectivity index (χ0v) is 8.95. The number of phenolic OH excluding ortho intramolecular Hbond substituents is 1. The van der Waals surface area contributed by atoms with Gasteiger partial charge in [-0.25, -0.2) is 0 Å². The Morgan fingerprint density at radius 3 is 2.67 bits per heavy atom. The summed E-state index contributed by atoms with van der Waals surface area (Å²) in [5.41, 5.74) is 6.29. The number of hydrogen-bond acceptors (Lipinski definition) is 3. The molecule has 0 saturated heterocycles. The Bertz CT molecular complexity index is 392. The van der Waals surface area contributed by atoms with Crippen molar-refractivity contribution in [3.8, 4) is 5.75 Å². The quantitative estimate of drug-likeness (QED) is 0.733. The number of aromatic hydroxyl groups is 1. The minimum atomic E-state index is -1.05. The first-order valence-electron chi connectivity index (χ1n) is 4.39. The van der Waals surface area contributed by atoms with Crippen LogP contribution in [0, 0.1) is 6.92 Å². The second-order valence-corrected chi connectivity index (χ2v) is 3.64. The molecule has 15 heavy (non-hydrogen) atoms. The molecule has 0 aliphatic carbocycles. The van der Waals surface area contributed by atoms with E-state index in [0.717, 1.165) is 0 Å². The summed E-state index contributed by atoms with van der Waals surface area (Å²) in [6.07, 6.45) is 0. The van der Waals surface area contributed by atoms with Crippen LogP contribution in [-0.2, 0) is 4.79 Å². The molecule has 5 heteroatoms. The molecule has 0 saturated carbocycles. The first-order chi connectivity index (χ1) is 6.99. The maximum atomic E-state index is 10.9. The van der Waals surface area contributed by atoms with Crippen molar-refractivity contribution in [3.05, 3.63) is 28.3 Å². The van der Waals surface area contributed by atoms with Crippen LogP contribution in [0.3, 0.4) is 0 Å². The van der Waals surface area contributed by atoms with Crippen LogP contribution in [0.25, 0.3) is 0 Å². The molecule has 0 aliphatic rings. The van der Waals surface area contributed by atoms with E-state index >= 15 is 0 Å². The lowest BCUT2D eigenvalue weighted by Crippen LogP contribution is -2.21. The van der Waals surface area contributed by atoms with Gasteiger partial charge in [0.15, 0.2) is 0 Å². The van der Waals surface area contributed by atoms with Crippen molar-refractivity contribution < 1.29 is 15.0 Å². The van der Waals surface area contributed by atoms with E-state index in [1.807, 2.05) is 0 Å². The zero-order chi connectivity index (χ0) is 11.6. The van der Waals surface area contributed by atoms with Gasteiger partial charge in [-0.3, -0.25) is 4.79 Å². The maximum absolute atomic E-state index is 10.9. The predicted molar refractivity (Wildman–Crippen MR) is 57.3 cm³/mol. The van der Waals surface area contributed by atoms with Crippen LogP contribution in [0.4, 0.5) is 0 Å². The first kappa shape index (κ1) is 11.8. The van der Waals surface area contributed by atoms with Gasteiger partial charge in [0.05, 0.1) is 10.9 Å². The van der Waals surface area contributed by atoms with Gasteiger partial charge in [0.1, 0.15) is 5.75 Å². The number of rotatable bonds is 3. The number of nitrogens with two attached hydrogens (primary N) is 1. The standard InChI is InChI=1S/C10H12ClNO3/c1-5-2-3-6(8(11)9(5)13)7(4-12)10(14)15/h2-3,7,13H,4,12H2,1H3,(H,14,15). The molecule has 0 fully saturated rings. The third-order valence-electron chi connectivity index (χ3n) is 2.26. The van der Waals surface area contributed by atoms with Gasteiger partial charge >= 0.3 is 5.97 Å². The van der Waals surface area contributed by atoms with Gasteiger partial charge in [0, 0.05) is 6.54 Å². The molecule has 0 aliphatic heterocycles. The Balaban J connectivity index is 3.25. The molecule has 0 heterocycles. The van der Waals surface area contributed by atoms with Crippen LogP contribution in [0.1, 0.15) is 17.0 Å². The topological polar surface area (TPSA) is 83.6 Å². The smallest absolute Gasteiger partial charge is 0.312 e. The summed E-state index contributed by atoms with van der Waals surface area (Å²) < 4.78 is 0. The molecule has 0 spiro atoms. The van der Waals surface area contributed by atoms with Gasteiger partial charge in [-0.05, 0) is 18.1 Å². The third kappa shape index (κ3) is 2.22. The van der Waals surface area contributed by atoms with Crippen molar-refractivity contribution in [1.29, 1.82) is 0 Å². The number of carboxylic acids is 1. The number of phenols is 1. The van der Waals surface area contributed by atoms with Crippen LogP contribution < -0.4 is 5.73 Å². The van der Waals surface area contributed by atoms with E-state index in [1.54, 1.807) is 19.1 Å². The van der Waals surface area contributed by atoms with Gasteiger partial charge in [0.2, 0.25) is 0 Å². The summed E-state index contributed by atoms with van der Waals surface area (Å²) >= 11 is 5.85. The van der Waals surface area contributed by atoms with Gasteiger partial charge in [-0.2, -0.15) is 0 Å². The lowest BCUT2D eigenvalue weighted by Gasteiger charge is -2.13. The molecule has 1 rings (SSSR count). The van der Waals surface area contributed by atoms with Crippen LogP contribution in [0.15, 0.2) is 12.1 Å². The second-order valence-electron chi connectivity index (χ2n) is 3.26. The number of halogens is 1. The first-order valence-corrected chi connectivity index (χ1v) is 4.77. The number of hydrogen-bond donors (Lipinski definition) is 3. The number of benzene rings is 1. The molecule has 0 bridgehead atoms. The Labute approximate surface area is 92.3 Å². The normalized spacial score (nSPS) is 12.5. The Morgan fingerprint density at radius 2 is 2.20 bits per heavy atom. The molecular weight excluding hydrogens is 218 g/mol. The Morgan fingerprint density at radius 1 is 1.60 bits per heavy atom. The average Bonchev–Trinajstić information content (AvgIpc) is 2.18. The highest BCUT2D eigenvalue weighted by Gasteiger charge is 2.22. The molecule has 4 N–H and O–H groups in total. The van der Waals surface area contributed by atoms with Crippen LogP contribution in [0.2, 0.25) is 5.02 Å². The minimum Gasteiger partial charge on any atom is -0.506 e. The number of aliphatic carboxylic acids is 1. The monoisotopic (exact) mass is 229 g/mol. The van der Waals surface area contributed by atoms with Crippen molar-refractivity contribution in [2.75, 3.05) is 6.54 Å². The van der Waals surface area contributed by atoms with E-state index in [-0.39, 0.29) is 17.3 Å². The molecule has 0 aromatic heterocycles. The fraction of sp³-hybridized carbons (Fsp3) is 0.300. The number of carboxylic acid groups (broad SMARTS) is 1. The molecule has 0 amide bonds. The second kappa shape index (κ2) is 4.51. The van der Waals surface area contributed by atoms with Gasteiger partial charge in [-0.15, -0.1) is 0 Å². The number of carbonyl (C=O) groups is 1. The summed E-state index contributed by atoms with van der Waals surface area (Å²) in [6.45, 7) is 1.63. The average molecular weight is 230 g/mol. The van der Waals surface area contributed by atoms with Crippen molar-refractivity contribution >= 4 is 17.6 Å². The van der Waals surface area contributed by atoms with Gasteiger partial charge < -0.3 is 15.9 Å². The molecule has 1 aromatic rings. The Hall–Kier alpha value is -1.26. The van der Waals surface area contributed by atoms with E-state index < -0.39 is 11.9 Å². The SMILES string of the molecule is Cc1ccc(C(CN)C(=O)O)c(Cl)c1O. The summed E-state index contributed by atoms with van der Waals surface area (Å²) in [4.78, 5) is 10.9. The highest BCUT2D eigenvalue weighted by Crippen LogP contribution is 2.34. The number of aryl methyl sites for hydroxylation is 1. The summed E-state index contributed by atoms with van der Waals surface area (Å²) in [5.74, 6) is -2.03. The summed E-state index contributed by atoms with van der Waals surface area (Å²) in [7, 11) is 0. The molecule has 1 aromatic carbocycles. The fourth-order valence-corrected chi connectivity index (χ4v) is 1.65. The van der Waals surface area contributed by atoms with E-state index in [9.17, 15) is 9.90 Å². The molecule has 82 valence electrons. The van der Waals surface area contributed by atoms with Gasteiger partial charge in [0.25, 0.3) is 0 Å². The molecular formula is C10H12ClNO3. The van der Waals surface area contributed by atoms with Crippen LogP contribution in [0.5, 0.6) is 5.75 Å². The van der Waals surface area contributed by atoms with Gasteiger partial charge in [-0.1, -0.05) is 23.7 Å². The minimum absolute atomic E-state index is 0.0580. The van der Waals surface area contributed by atoms with Crippen molar-refractivity contribution in [2.24, 2.45) is 5.73 Å². The molecule has 0 radical (unpaired) electrons. The molecule has 1 atom stereocenters. The summed E-state index contributed by atoms with van der Waals surface area (Å²) in [5, 5.41) is 18.5. The molecule has 4 nitrogen and oxygen atoms in total. The van der Waals surface area contributed by atoms with Crippen molar-refractivity contribution in [3.63, 3.8) is 0 Å². The van der Waals surface area contributed by atoms with E-state index in [4.69, 9.17) is 22.4 Å². The highest BCUT2D eigenvalue weighted by atomic mass is 35.5. The third-order valence-corrected chi connectivity index (χ3v) is 2.65. The van der Waals surface area contributed by atoms with Crippen molar-refractivity contribution in [1.82, 2.24) is 0 Å². The largest absolute Gasteiger partial charge is 0.506 e. The van der Waals surface area contributed by atoms with E-state index in [1.165, 1.54) is 0 Å². The van der Waals surface area contributed by atoms with Crippen LogP contribution in [-0.4, -0.2) is 22.7 Å². The van der Waals surface area contributed by atoms with E-state index in [2.05, 4.69) is 0 Å². The highest BCUT2D eigenvalue weighted by molar-refractivity contribution is 6.33.